The Balaban J connectivity index is 2.49. The molecular weight excluding hydrogens is 248 g/mol. The zero-order valence-electron chi connectivity index (χ0n) is 11.1. The van der Waals surface area contributed by atoms with Crippen LogP contribution < -0.4 is 5.32 Å². The third kappa shape index (κ3) is 4.95. The monoisotopic (exact) mass is 266 g/mol. The summed E-state index contributed by atoms with van der Waals surface area (Å²) in [5, 5.41) is 13.9. The van der Waals surface area contributed by atoms with E-state index in [4.69, 9.17) is 4.74 Å². The van der Waals surface area contributed by atoms with Gasteiger partial charge in [-0.05, 0) is 31.9 Å². The highest BCUT2D eigenvalue weighted by Crippen LogP contribution is 2.25. The van der Waals surface area contributed by atoms with Crippen molar-refractivity contribution in [3.63, 3.8) is 0 Å². The second-order valence-corrected chi connectivity index (χ2v) is 4.11. The van der Waals surface area contributed by atoms with Gasteiger partial charge < -0.3 is 10.1 Å². The van der Waals surface area contributed by atoms with Crippen LogP contribution in [0.5, 0.6) is 0 Å². The van der Waals surface area contributed by atoms with E-state index in [0.717, 1.165) is 5.56 Å². The second-order valence-electron chi connectivity index (χ2n) is 4.11. The van der Waals surface area contributed by atoms with Crippen molar-refractivity contribution >= 4 is 17.3 Å². The van der Waals surface area contributed by atoms with Gasteiger partial charge in [0.15, 0.2) is 0 Å². The van der Waals surface area contributed by atoms with Gasteiger partial charge in [0.05, 0.1) is 11.5 Å². The third-order valence-electron chi connectivity index (χ3n) is 2.53. The lowest BCUT2D eigenvalue weighted by molar-refractivity contribution is -0.384. The summed E-state index contributed by atoms with van der Waals surface area (Å²) in [6.07, 6.45) is 0.879. The number of carbonyl (C=O) groups excluding carboxylic acids is 1. The van der Waals surface area contributed by atoms with E-state index in [9.17, 15) is 14.9 Å². The number of ether oxygens (including phenoxy) is 1. The number of esters is 1. The average Bonchev–Trinajstić information content (AvgIpc) is 2.36. The first-order valence-electron chi connectivity index (χ1n) is 6.19. The highest BCUT2D eigenvalue weighted by Gasteiger charge is 2.13. The molecule has 0 aromatic heterocycles. The van der Waals surface area contributed by atoms with Gasteiger partial charge in [0, 0.05) is 19.0 Å². The van der Waals surface area contributed by atoms with Crippen LogP contribution in [0.4, 0.5) is 11.4 Å². The summed E-state index contributed by atoms with van der Waals surface area (Å²) in [4.78, 5) is 21.6. The van der Waals surface area contributed by atoms with Crippen LogP contribution in [-0.2, 0) is 9.53 Å². The molecule has 0 unspecified atom stereocenters. The molecule has 6 nitrogen and oxygen atoms in total. The summed E-state index contributed by atoms with van der Waals surface area (Å²) in [6.45, 7) is 4.42. The minimum Gasteiger partial charge on any atom is -0.466 e. The van der Waals surface area contributed by atoms with Crippen LogP contribution in [0, 0.1) is 17.0 Å². The van der Waals surface area contributed by atoms with E-state index in [1.807, 2.05) is 0 Å². The molecule has 0 aliphatic carbocycles. The average molecular weight is 266 g/mol. The molecule has 0 saturated carbocycles. The summed E-state index contributed by atoms with van der Waals surface area (Å²) in [7, 11) is 0. The standard InChI is InChI=1S/C13H18N2O4/c1-3-19-13(16)5-4-8-14-11-7-6-10(2)9-12(11)15(17)18/h6-7,9,14H,3-5,8H2,1-2H3. The maximum absolute atomic E-state index is 11.1. The molecule has 0 radical (unpaired) electrons. The molecule has 0 heterocycles. The molecule has 0 aliphatic rings. The van der Waals surface area contributed by atoms with Gasteiger partial charge in [-0.3, -0.25) is 14.9 Å². The lowest BCUT2D eigenvalue weighted by atomic mass is 10.2. The number of carbonyl (C=O) groups is 1. The molecule has 1 rings (SSSR count). The van der Waals surface area contributed by atoms with Gasteiger partial charge in [-0.15, -0.1) is 0 Å². The summed E-state index contributed by atoms with van der Waals surface area (Å²) in [6, 6.07) is 5.01. The molecule has 0 amide bonds. The van der Waals surface area contributed by atoms with Crippen LogP contribution in [0.3, 0.4) is 0 Å². The SMILES string of the molecule is CCOC(=O)CCCNc1ccc(C)cc1[N+](=O)[O-]. The maximum Gasteiger partial charge on any atom is 0.305 e. The fraction of sp³-hybridized carbons (Fsp3) is 0.462. The lowest BCUT2D eigenvalue weighted by Crippen LogP contribution is -2.09. The van der Waals surface area contributed by atoms with Crippen LogP contribution in [0.25, 0.3) is 0 Å². The molecule has 1 aromatic rings. The Hall–Kier alpha value is -2.11. The fourth-order valence-corrected chi connectivity index (χ4v) is 1.63. The zero-order valence-corrected chi connectivity index (χ0v) is 11.1. The Kier molecular flexibility index (Phi) is 5.78. The third-order valence-corrected chi connectivity index (χ3v) is 2.53. The highest BCUT2D eigenvalue weighted by molar-refractivity contribution is 5.69. The van der Waals surface area contributed by atoms with E-state index in [1.165, 1.54) is 6.07 Å². The molecule has 0 bridgehead atoms. The van der Waals surface area contributed by atoms with Crippen molar-refractivity contribution in [3.05, 3.63) is 33.9 Å². The number of benzene rings is 1. The van der Waals surface area contributed by atoms with Crippen molar-refractivity contribution < 1.29 is 14.5 Å². The first-order valence-corrected chi connectivity index (χ1v) is 6.19. The van der Waals surface area contributed by atoms with E-state index in [1.54, 1.807) is 26.0 Å². The Morgan fingerprint density at radius 2 is 2.21 bits per heavy atom. The minimum absolute atomic E-state index is 0.0520. The van der Waals surface area contributed by atoms with Crippen LogP contribution in [0.15, 0.2) is 18.2 Å². The van der Waals surface area contributed by atoms with Crippen molar-refractivity contribution in [1.29, 1.82) is 0 Å². The summed E-state index contributed by atoms with van der Waals surface area (Å²) in [5.41, 5.74) is 1.36. The highest BCUT2D eigenvalue weighted by atomic mass is 16.6. The number of hydrogen-bond donors (Lipinski definition) is 1. The zero-order chi connectivity index (χ0) is 14.3. The molecule has 104 valence electrons. The number of nitro groups is 1. The first-order chi connectivity index (χ1) is 9.04. The van der Waals surface area contributed by atoms with Gasteiger partial charge in [0.2, 0.25) is 0 Å². The number of rotatable bonds is 7. The Morgan fingerprint density at radius 1 is 1.47 bits per heavy atom. The van der Waals surface area contributed by atoms with Gasteiger partial charge in [-0.1, -0.05) is 6.07 Å². The van der Waals surface area contributed by atoms with Gasteiger partial charge in [-0.2, -0.15) is 0 Å². The number of nitrogens with one attached hydrogen (secondary N) is 1. The van der Waals surface area contributed by atoms with E-state index < -0.39 is 4.92 Å². The van der Waals surface area contributed by atoms with Gasteiger partial charge in [-0.25, -0.2) is 0 Å². The lowest BCUT2D eigenvalue weighted by Gasteiger charge is -2.07. The van der Waals surface area contributed by atoms with Crippen LogP contribution in [-0.4, -0.2) is 24.0 Å². The fourth-order valence-electron chi connectivity index (χ4n) is 1.63. The van der Waals surface area contributed by atoms with E-state index >= 15 is 0 Å². The van der Waals surface area contributed by atoms with E-state index in [2.05, 4.69) is 5.32 Å². The van der Waals surface area contributed by atoms with Crippen LogP contribution >= 0.6 is 0 Å². The quantitative estimate of drug-likeness (QED) is 0.355. The van der Waals surface area contributed by atoms with Gasteiger partial charge >= 0.3 is 5.97 Å². The van der Waals surface area contributed by atoms with E-state index in [-0.39, 0.29) is 11.7 Å². The topological polar surface area (TPSA) is 81.5 Å². The summed E-state index contributed by atoms with van der Waals surface area (Å²) >= 11 is 0. The molecule has 1 N–H and O–H groups in total. The normalized spacial score (nSPS) is 10.0. The number of nitro benzene ring substituents is 1. The van der Waals surface area contributed by atoms with Crippen molar-refractivity contribution in [3.8, 4) is 0 Å². The molecule has 1 aromatic carbocycles. The molecule has 0 spiro atoms. The molecular formula is C13H18N2O4. The Bertz CT molecular complexity index is 460. The Labute approximate surface area is 111 Å². The molecule has 19 heavy (non-hydrogen) atoms. The first kappa shape index (κ1) is 14.9. The maximum atomic E-state index is 11.1. The largest absolute Gasteiger partial charge is 0.466 e. The molecule has 0 fully saturated rings. The molecule has 0 aliphatic heterocycles. The van der Waals surface area contributed by atoms with Crippen molar-refractivity contribution in [2.45, 2.75) is 26.7 Å². The number of anilines is 1. The van der Waals surface area contributed by atoms with Crippen molar-refractivity contribution in [2.24, 2.45) is 0 Å². The minimum atomic E-state index is -0.416. The van der Waals surface area contributed by atoms with Crippen LogP contribution in [0.1, 0.15) is 25.3 Å². The molecule has 0 saturated heterocycles. The number of nitrogens with zero attached hydrogens (tertiary/aromatic N) is 1. The van der Waals surface area contributed by atoms with E-state index in [0.29, 0.717) is 31.7 Å². The van der Waals surface area contributed by atoms with Crippen molar-refractivity contribution in [2.75, 3.05) is 18.5 Å². The predicted octanol–water partition coefficient (Wildman–Crippen LogP) is 2.66. The van der Waals surface area contributed by atoms with Gasteiger partial charge in [0.25, 0.3) is 5.69 Å². The van der Waals surface area contributed by atoms with Crippen LogP contribution in [0.2, 0.25) is 0 Å². The smallest absolute Gasteiger partial charge is 0.305 e. The summed E-state index contributed by atoms with van der Waals surface area (Å²) < 4.78 is 4.80. The predicted molar refractivity (Wildman–Crippen MR) is 72.2 cm³/mol. The van der Waals surface area contributed by atoms with Crippen molar-refractivity contribution in [1.82, 2.24) is 0 Å². The summed E-state index contributed by atoms with van der Waals surface area (Å²) in [5.74, 6) is -0.247. The number of hydrogen-bond acceptors (Lipinski definition) is 5. The molecule has 6 heteroatoms. The Morgan fingerprint density at radius 3 is 2.84 bits per heavy atom. The molecule has 0 atom stereocenters. The number of aryl methyl sites for hydroxylation is 1. The second kappa shape index (κ2) is 7.35. The van der Waals surface area contributed by atoms with Gasteiger partial charge in [0.1, 0.15) is 5.69 Å².